The smallest absolute Gasteiger partial charge is 0.266 e. The van der Waals surface area contributed by atoms with Gasteiger partial charge in [0.05, 0.1) is 6.61 Å². The third-order valence-electron chi connectivity index (χ3n) is 5.52. The molecule has 0 atom stereocenters. The number of para-hydroxylation sites is 1. The standard InChI is InChI=1S/C28H25N3O2/c1-3-33-24-13-9-12-23(17-24)30-28(32)22(18-29)16-26-20(2)31(19-21-10-5-4-6-11-21)27-15-8-7-14-25(26)27/h4-17H,3,19H2,1-2H3,(H,30,32). The Morgan fingerprint density at radius 1 is 1.06 bits per heavy atom. The highest BCUT2D eigenvalue weighted by atomic mass is 16.5. The van der Waals surface area contributed by atoms with E-state index in [0.717, 1.165) is 22.2 Å². The van der Waals surface area contributed by atoms with Gasteiger partial charge in [-0.3, -0.25) is 4.79 Å². The minimum Gasteiger partial charge on any atom is -0.494 e. The summed E-state index contributed by atoms with van der Waals surface area (Å²) in [6, 6.07) is 27.5. The molecule has 0 saturated heterocycles. The highest BCUT2D eigenvalue weighted by molar-refractivity contribution is 6.11. The molecule has 1 N–H and O–H groups in total. The van der Waals surface area contributed by atoms with Gasteiger partial charge in [0.25, 0.3) is 5.91 Å². The zero-order valence-electron chi connectivity index (χ0n) is 18.7. The van der Waals surface area contributed by atoms with Gasteiger partial charge in [-0.25, -0.2) is 0 Å². The molecule has 1 aromatic heterocycles. The Morgan fingerprint density at radius 2 is 1.82 bits per heavy atom. The van der Waals surface area contributed by atoms with Gasteiger partial charge in [-0.1, -0.05) is 54.6 Å². The summed E-state index contributed by atoms with van der Waals surface area (Å²) in [5, 5.41) is 13.6. The molecule has 0 fully saturated rings. The zero-order valence-corrected chi connectivity index (χ0v) is 18.7. The van der Waals surface area contributed by atoms with Crippen LogP contribution in [0.4, 0.5) is 5.69 Å². The maximum atomic E-state index is 12.9. The monoisotopic (exact) mass is 435 g/mol. The first-order valence-electron chi connectivity index (χ1n) is 10.9. The van der Waals surface area contributed by atoms with E-state index in [1.54, 1.807) is 24.3 Å². The van der Waals surface area contributed by atoms with Crippen LogP contribution in [0.5, 0.6) is 5.75 Å². The number of aromatic nitrogens is 1. The van der Waals surface area contributed by atoms with Gasteiger partial charge in [0, 0.05) is 40.5 Å². The number of nitriles is 1. The van der Waals surface area contributed by atoms with Gasteiger partial charge in [0.1, 0.15) is 17.4 Å². The van der Waals surface area contributed by atoms with Gasteiger partial charge in [-0.05, 0) is 43.7 Å². The van der Waals surface area contributed by atoms with Gasteiger partial charge in [0.15, 0.2) is 0 Å². The molecule has 4 rings (SSSR count). The van der Waals surface area contributed by atoms with Crippen LogP contribution in [0.3, 0.4) is 0 Å². The first-order chi connectivity index (χ1) is 16.1. The van der Waals surface area contributed by atoms with Crippen molar-refractivity contribution in [2.24, 2.45) is 0 Å². The quantitative estimate of drug-likeness (QED) is 0.288. The lowest BCUT2D eigenvalue weighted by Gasteiger charge is -2.09. The Labute approximate surface area is 193 Å². The summed E-state index contributed by atoms with van der Waals surface area (Å²) in [6.07, 6.45) is 1.68. The van der Waals surface area contributed by atoms with E-state index in [-0.39, 0.29) is 5.57 Å². The molecule has 0 aliphatic carbocycles. The molecule has 0 aliphatic heterocycles. The van der Waals surface area contributed by atoms with Gasteiger partial charge >= 0.3 is 0 Å². The highest BCUT2D eigenvalue weighted by Gasteiger charge is 2.16. The maximum absolute atomic E-state index is 12.9. The molecule has 5 heteroatoms. The number of hydrogen-bond donors (Lipinski definition) is 1. The first kappa shape index (κ1) is 21.9. The fourth-order valence-corrected chi connectivity index (χ4v) is 3.93. The van der Waals surface area contributed by atoms with Crippen molar-refractivity contribution in [3.8, 4) is 11.8 Å². The Balaban J connectivity index is 1.69. The van der Waals surface area contributed by atoms with E-state index in [1.165, 1.54) is 5.56 Å². The number of benzene rings is 3. The number of nitrogens with zero attached hydrogens (tertiary/aromatic N) is 2. The summed E-state index contributed by atoms with van der Waals surface area (Å²) in [6.45, 7) is 5.16. The molecule has 0 spiro atoms. The largest absolute Gasteiger partial charge is 0.494 e. The van der Waals surface area contributed by atoms with E-state index in [1.807, 2.05) is 56.3 Å². The molecule has 3 aromatic carbocycles. The number of amides is 1. The third-order valence-corrected chi connectivity index (χ3v) is 5.52. The lowest BCUT2D eigenvalue weighted by molar-refractivity contribution is -0.112. The number of rotatable bonds is 7. The summed E-state index contributed by atoms with van der Waals surface area (Å²) < 4.78 is 7.71. The molecule has 1 amide bonds. The topological polar surface area (TPSA) is 67.0 Å². The maximum Gasteiger partial charge on any atom is 0.266 e. The first-order valence-corrected chi connectivity index (χ1v) is 10.9. The number of anilines is 1. The van der Waals surface area contributed by atoms with Crippen molar-refractivity contribution in [2.75, 3.05) is 11.9 Å². The van der Waals surface area contributed by atoms with Crippen LogP contribution < -0.4 is 10.1 Å². The molecule has 0 saturated carbocycles. The van der Waals surface area contributed by atoms with Gasteiger partial charge in [0.2, 0.25) is 0 Å². The number of fused-ring (bicyclic) bond motifs is 1. The molecular weight excluding hydrogens is 410 g/mol. The van der Waals surface area contributed by atoms with Crippen LogP contribution >= 0.6 is 0 Å². The van der Waals surface area contributed by atoms with Crippen LogP contribution in [0.2, 0.25) is 0 Å². The molecule has 0 aliphatic rings. The van der Waals surface area contributed by atoms with E-state index in [4.69, 9.17) is 4.74 Å². The molecule has 0 bridgehead atoms. The predicted octanol–water partition coefficient (Wildman–Crippen LogP) is 5.94. The van der Waals surface area contributed by atoms with Crippen molar-refractivity contribution >= 4 is 28.6 Å². The fraction of sp³-hybridized carbons (Fsp3) is 0.143. The van der Waals surface area contributed by atoms with Crippen molar-refractivity contribution in [2.45, 2.75) is 20.4 Å². The molecule has 5 nitrogen and oxygen atoms in total. The van der Waals surface area contributed by atoms with E-state index >= 15 is 0 Å². The van der Waals surface area contributed by atoms with E-state index < -0.39 is 5.91 Å². The summed E-state index contributed by atoms with van der Waals surface area (Å²) in [4.78, 5) is 12.9. The number of nitrogens with one attached hydrogen (secondary N) is 1. The van der Waals surface area contributed by atoms with Crippen molar-refractivity contribution < 1.29 is 9.53 Å². The lowest BCUT2D eigenvalue weighted by Crippen LogP contribution is -2.13. The molecule has 1 heterocycles. The van der Waals surface area contributed by atoms with Gasteiger partial charge in [-0.2, -0.15) is 5.26 Å². The Bertz CT molecular complexity index is 1360. The van der Waals surface area contributed by atoms with Crippen molar-refractivity contribution in [3.05, 3.63) is 101 Å². The summed E-state index contributed by atoms with van der Waals surface area (Å²) in [5.41, 5.74) is 4.74. The second-order valence-corrected chi connectivity index (χ2v) is 7.67. The fourth-order valence-electron chi connectivity index (χ4n) is 3.93. The van der Waals surface area contributed by atoms with Crippen LogP contribution in [-0.4, -0.2) is 17.1 Å². The number of carbonyl (C=O) groups is 1. The second-order valence-electron chi connectivity index (χ2n) is 7.67. The molecule has 33 heavy (non-hydrogen) atoms. The Morgan fingerprint density at radius 3 is 2.58 bits per heavy atom. The summed E-state index contributed by atoms with van der Waals surface area (Å²) in [5.74, 6) is 0.211. The van der Waals surface area contributed by atoms with Gasteiger partial charge < -0.3 is 14.6 Å². The molecule has 4 aromatic rings. The van der Waals surface area contributed by atoms with Crippen LogP contribution in [0.25, 0.3) is 17.0 Å². The minimum atomic E-state index is -0.453. The van der Waals surface area contributed by atoms with Crippen LogP contribution in [0, 0.1) is 18.3 Å². The second kappa shape index (κ2) is 9.88. The van der Waals surface area contributed by atoms with E-state index in [0.29, 0.717) is 24.6 Å². The van der Waals surface area contributed by atoms with E-state index in [9.17, 15) is 10.1 Å². The Hall–Kier alpha value is -4.30. The average Bonchev–Trinajstić information content (AvgIpc) is 3.09. The van der Waals surface area contributed by atoms with Crippen LogP contribution in [-0.2, 0) is 11.3 Å². The molecule has 164 valence electrons. The SMILES string of the molecule is CCOc1cccc(NC(=O)C(C#N)=Cc2c(C)n(Cc3ccccc3)c3ccccc23)c1. The van der Waals surface area contributed by atoms with Crippen molar-refractivity contribution in [1.29, 1.82) is 5.26 Å². The minimum absolute atomic E-state index is 0.0440. The highest BCUT2D eigenvalue weighted by Crippen LogP contribution is 2.29. The summed E-state index contributed by atoms with van der Waals surface area (Å²) >= 11 is 0. The third kappa shape index (κ3) is 4.81. The van der Waals surface area contributed by atoms with Crippen LogP contribution in [0.1, 0.15) is 23.7 Å². The van der Waals surface area contributed by atoms with Crippen molar-refractivity contribution in [1.82, 2.24) is 4.57 Å². The van der Waals surface area contributed by atoms with E-state index in [2.05, 4.69) is 34.2 Å². The zero-order chi connectivity index (χ0) is 23.2. The van der Waals surface area contributed by atoms with Crippen LogP contribution in [0.15, 0.2) is 84.4 Å². The summed E-state index contributed by atoms with van der Waals surface area (Å²) in [7, 11) is 0. The normalized spacial score (nSPS) is 11.2. The van der Waals surface area contributed by atoms with Crippen molar-refractivity contribution in [3.63, 3.8) is 0 Å². The Kier molecular flexibility index (Phi) is 6.56. The number of carbonyl (C=O) groups excluding carboxylic acids is 1. The molecule has 0 radical (unpaired) electrons. The molecule has 0 unspecified atom stereocenters. The predicted molar refractivity (Wildman–Crippen MR) is 132 cm³/mol. The number of hydrogen-bond acceptors (Lipinski definition) is 3. The molecular formula is C28H25N3O2. The number of ether oxygens (including phenoxy) is 1. The van der Waals surface area contributed by atoms with Gasteiger partial charge in [-0.15, -0.1) is 0 Å². The average molecular weight is 436 g/mol. The lowest BCUT2D eigenvalue weighted by atomic mass is 10.1.